The number of hydrogen-bond acceptors (Lipinski definition) is 2. The van der Waals surface area contributed by atoms with Gasteiger partial charge in [-0.15, -0.1) is 0 Å². The zero-order chi connectivity index (χ0) is 20.8. The van der Waals surface area contributed by atoms with Crippen molar-refractivity contribution >= 4 is 11.6 Å². The normalized spacial score (nSPS) is 17.4. The first-order valence-electron chi connectivity index (χ1n) is 10.7. The number of rotatable bonds is 6. The Bertz CT molecular complexity index is 937. The highest BCUT2D eigenvalue weighted by Gasteiger charge is 2.44. The van der Waals surface area contributed by atoms with Gasteiger partial charge in [0.2, 0.25) is 0 Å². The summed E-state index contributed by atoms with van der Waals surface area (Å²) in [5.41, 5.74) is 2.88. The van der Waals surface area contributed by atoms with Gasteiger partial charge in [-0.3, -0.25) is 0 Å². The van der Waals surface area contributed by atoms with Crippen LogP contribution < -0.4 is 0 Å². The van der Waals surface area contributed by atoms with E-state index in [1.54, 1.807) is 0 Å². The lowest BCUT2D eigenvalue weighted by Crippen LogP contribution is -2.46. The summed E-state index contributed by atoms with van der Waals surface area (Å²) in [4.78, 5) is 2.53. The minimum Gasteiger partial charge on any atom is -0.303 e. The van der Waals surface area contributed by atoms with Crippen molar-refractivity contribution in [1.82, 2.24) is 4.90 Å². The summed E-state index contributed by atoms with van der Waals surface area (Å²) in [7, 11) is 0. The van der Waals surface area contributed by atoms with E-state index in [1.165, 1.54) is 5.56 Å². The molecule has 152 valence electrons. The maximum Gasteiger partial charge on any atom is 0.111 e. The third-order valence-electron chi connectivity index (χ3n) is 6.38. The zero-order valence-electron chi connectivity index (χ0n) is 17.2. The Hall–Kier alpha value is -2.60. The molecule has 0 N–H and O–H groups in total. The van der Waals surface area contributed by atoms with Crippen LogP contribution in [-0.2, 0) is 11.8 Å². The summed E-state index contributed by atoms with van der Waals surface area (Å²) in [6.07, 6.45) is 3.18. The molecule has 0 bridgehead atoms. The molecule has 1 fully saturated rings. The second kappa shape index (κ2) is 9.47. The molecule has 2 nitrogen and oxygen atoms in total. The third-order valence-corrected chi connectivity index (χ3v) is 6.63. The van der Waals surface area contributed by atoms with E-state index in [-0.39, 0.29) is 5.92 Å². The van der Waals surface area contributed by atoms with Crippen LogP contribution in [0.3, 0.4) is 0 Å². The van der Waals surface area contributed by atoms with Gasteiger partial charge in [-0.05, 0) is 60.5 Å². The van der Waals surface area contributed by atoms with E-state index < -0.39 is 5.41 Å². The van der Waals surface area contributed by atoms with Crippen molar-refractivity contribution in [2.24, 2.45) is 5.92 Å². The molecule has 0 spiro atoms. The number of likely N-dealkylation sites (tertiary alicyclic amines) is 1. The predicted octanol–water partition coefficient (Wildman–Crippen LogP) is 6.10. The van der Waals surface area contributed by atoms with Crippen molar-refractivity contribution in [1.29, 1.82) is 5.26 Å². The van der Waals surface area contributed by atoms with E-state index in [4.69, 9.17) is 11.6 Å². The maximum atomic E-state index is 10.6. The Morgan fingerprint density at radius 3 is 2.07 bits per heavy atom. The van der Waals surface area contributed by atoms with Crippen molar-refractivity contribution in [3.8, 4) is 6.07 Å². The molecule has 4 rings (SSSR count). The number of nitrogens with zero attached hydrogens (tertiary/aromatic N) is 2. The topological polar surface area (TPSA) is 27.0 Å². The Morgan fingerprint density at radius 1 is 0.900 bits per heavy atom. The number of piperidine rings is 1. The molecule has 1 heterocycles. The van der Waals surface area contributed by atoms with Gasteiger partial charge in [0.1, 0.15) is 5.41 Å². The van der Waals surface area contributed by atoms with Crippen molar-refractivity contribution in [3.63, 3.8) is 0 Å². The fourth-order valence-electron chi connectivity index (χ4n) is 4.81. The van der Waals surface area contributed by atoms with E-state index in [0.717, 1.165) is 55.0 Å². The summed E-state index contributed by atoms with van der Waals surface area (Å²) < 4.78 is 0. The number of hydrogen-bond donors (Lipinski definition) is 0. The van der Waals surface area contributed by atoms with Crippen LogP contribution in [-0.4, -0.2) is 24.5 Å². The Kier molecular flexibility index (Phi) is 6.53. The van der Waals surface area contributed by atoms with Crippen molar-refractivity contribution in [3.05, 3.63) is 107 Å². The standard InChI is InChI=1S/C27H27ClN2/c28-26-15-13-22(14-16-26)17-19-30-18-7-12-25(20-30)27(21-29,23-8-3-1-4-9-23)24-10-5-2-6-11-24/h1-6,8-11,13-16,25H,7,12,17-20H2. The molecular weight excluding hydrogens is 388 g/mol. The van der Waals surface area contributed by atoms with Crippen molar-refractivity contribution < 1.29 is 0 Å². The van der Waals surface area contributed by atoms with Crippen LogP contribution in [0, 0.1) is 17.2 Å². The zero-order valence-corrected chi connectivity index (χ0v) is 17.9. The van der Waals surface area contributed by atoms with Gasteiger partial charge in [0, 0.05) is 18.1 Å². The van der Waals surface area contributed by atoms with E-state index in [1.807, 2.05) is 48.5 Å². The van der Waals surface area contributed by atoms with Crippen LogP contribution in [0.2, 0.25) is 5.02 Å². The molecule has 1 aliphatic rings. The average molecular weight is 415 g/mol. The minimum absolute atomic E-state index is 0.256. The molecule has 0 amide bonds. The molecule has 0 aliphatic carbocycles. The van der Waals surface area contributed by atoms with Crippen molar-refractivity contribution in [2.75, 3.05) is 19.6 Å². The van der Waals surface area contributed by atoms with Crippen LogP contribution in [0.25, 0.3) is 0 Å². The highest BCUT2D eigenvalue weighted by molar-refractivity contribution is 6.30. The van der Waals surface area contributed by atoms with Gasteiger partial charge in [-0.1, -0.05) is 84.4 Å². The maximum absolute atomic E-state index is 10.6. The smallest absolute Gasteiger partial charge is 0.111 e. The second-order valence-corrected chi connectivity index (χ2v) is 8.60. The lowest BCUT2D eigenvalue weighted by atomic mass is 9.64. The summed E-state index contributed by atoms with van der Waals surface area (Å²) in [5, 5.41) is 11.4. The Morgan fingerprint density at radius 2 is 1.50 bits per heavy atom. The fourth-order valence-corrected chi connectivity index (χ4v) is 4.94. The molecule has 0 aromatic heterocycles. The van der Waals surface area contributed by atoms with Gasteiger partial charge in [0.15, 0.2) is 0 Å². The summed E-state index contributed by atoms with van der Waals surface area (Å²) in [6, 6.07) is 31.6. The number of nitriles is 1. The monoisotopic (exact) mass is 414 g/mol. The first-order chi connectivity index (χ1) is 14.7. The van der Waals surface area contributed by atoms with Crippen molar-refractivity contribution in [2.45, 2.75) is 24.7 Å². The number of benzene rings is 3. The van der Waals surface area contributed by atoms with E-state index >= 15 is 0 Å². The Balaban J connectivity index is 1.59. The van der Waals surface area contributed by atoms with Gasteiger partial charge in [0.25, 0.3) is 0 Å². The summed E-state index contributed by atoms with van der Waals surface area (Å²) >= 11 is 6.02. The number of halogens is 1. The van der Waals surface area contributed by atoms with E-state index in [2.05, 4.69) is 47.4 Å². The lowest BCUT2D eigenvalue weighted by Gasteiger charge is -2.42. The van der Waals surface area contributed by atoms with Gasteiger partial charge >= 0.3 is 0 Å². The molecule has 0 saturated carbocycles. The lowest BCUT2D eigenvalue weighted by molar-refractivity contribution is 0.148. The summed E-state index contributed by atoms with van der Waals surface area (Å²) in [6.45, 7) is 3.03. The van der Waals surface area contributed by atoms with Gasteiger partial charge < -0.3 is 4.90 Å². The van der Waals surface area contributed by atoms with Gasteiger partial charge in [-0.25, -0.2) is 0 Å². The van der Waals surface area contributed by atoms with Crippen LogP contribution in [0.1, 0.15) is 29.5 Å². The fraction of sp³-hybridized carbons (Fsp3) is 0.296. The SMILES string of the molecule is N#CC(c1ccccc1)(c1ccccc1)C1CCCN(CCc2ccc(Cl)cc2)C1. The molecule has 3 aromatic carbocycles. The van der Waals surface area contributed by atoms with E-state index in [0.29, 0.717) is 0 Å². The molecule has 1 saturated heterocycles. The quantitative estimate of drug-likeness (QED) is 0.487. The molecule has 0 radical (unpaired) electrons. The van der Waals surface area contributed by atoms with Gasteiger partial charge in [-0.2, -0.15) is 5.26 Å². The van der Waals surface area contributed by atoms with Crippen LogP contribution in [0.15, 0.2) is 84.9 Å². The first kappa shape index (κ1) is 20.7. The minimum atomic E-state index is -0.624. The largest absolute Gasteiger partial charge is 0.303 e. The highest BCUT2D eigenvalue weighted by atomic mass is 35.5. The van der Waals surface area contributed by atoms with Crippen LogP contribution in [0.5, 0.6) is 0 Å². The molecule has 30 heavy (non-hydrogen) atoms. The van der Waals surface area contributed by atoms with Crippen LogP contribution in [0.4, 0.5) is 0 Å². The second-order valence-electron chi connectivity index (χ2n) is 8.17. The average Bonchev–Trinajstić information content (AvgIpc) is 2.81. The molecule has 1 unspecified atom stereocenters. The van der Waals surface area contributed by atoms with Gasteiger partial charge in [0.05, 0.1) is 6.07 Å². The highest BCUT2D eigenvalue weighted by Crippen LogP contribution is 2.42. The Labute approximate surface area is 184 Å². The third kappa shape index (κ3) is 4.29. The first-order valence-corrected chi connectivity index (χ1v) is 11.1. The molecule has 1 aliphatic heterocycles. The molecule has 1 atom stereocenters. The van der Waals surface area contributed by atoms with E-state index in [9.17, 15) is 5.26 Å². The summed E-state index contributed by atoms with van der Waals surface area (Å²) in [5.74, 6) is 0.256. The molecule has 3 heteroatoms. The molecule has 3 aromatic rings. The predicted molar refractivity (Wildman–Crippen MR) is 124 cm³/mol. The molecular formula is C27H27ClN2. The van der Waals surface area contributed by atoms with Crippen LogP contribution >= 0.6 is 11.6 Å².